The number of oxazole rings is 1. The van der Waals surface area contributed by atoms with Crippen molar-refractivity contribution in [1.29, 1.82) is 0 Å². The second kappa shape index (κ2) is 5.47. The van der Waals surface area contributed by atoms with Crippen molar-refractivity contribution >= 4 is 11.3 Å². The number of nitrogens with one attached hydrogen (secondary N) is 1. The zero-order valence-corrected chi connectivity index (χ0v) is 11.3. The molecule has 2 rings (SSSR count). The predicted octanol–water partition coefficient (Wildman–Crippen LogP) is 3.46. The average Bonchev–Trinajstić information content (AvgIpc) is 2.94. The Labute approximate surface area is 106 Å². The van der Waals surface area contributed by atoms with Crippen LogP contribution in [0.4, 0.5) is 0 Å². The summed E-state index contributed by atoms with van der Waals surface area (Å²) in [5.74, 6) is 1.61. The van der Waals surface area contributed by atoms with Crippen LogP contribution in [-0.4, -0.2) is 4.98 Å². The molecule has 3 nitrogen and oxygen atoms in total. The van der Waals surface area contributed by atoms with Crippen molar-refractivity contribution in [2.45, 2.75) is 39.8 Å². The molecule has 2 heterocycles. The van der Waals surface area contributed by atoms with Gasteiger partial charge in [0.25, 0.3) is 0 Å². The van der Waals surface area contributed by atoms with E-state index >= 15 is 0 Å². The Bertz CT molecular complexity index is 475. The van der Waals surface area contributed by atoms with Gasteiger partial charge in [0.2, 0.25) is 5.89 Å². The van der Waals surface area contributed by atoms with E-state index in [1.165, 1.54) is 9.75 Å². The van der Waals surface area contributed by atoms with E-state index in [0.717, 1.165) is 18.1 Å². The van der Waals surface area contributed by atoms with E-state index < -0.39 is 0 Å². The van der Waals surface area contributed by atoms with E-state index in [1.807, 2.05) is 18.3 Å². The van der Waals surface area contributed by atoms with Gasteiger partial charge in [0.15, 0.2) is 0 Å². The molecule has 0 aliphatic rings. The zero-order valence-electron chi connectivity index (χ0n) is 10.5. The minimum atomic E-state index is 0.340. The highest BCUT2D eigenvalue weighted by molar-refractivity contribution is 7.12. The SMILES string of the molecule is CCc1ccc(C(C)NCc2ncc(C)o2)s1. The summed E-state index contributed by atoms with van der Waals surface area (Å²) < 4.78 is 5.43. The van der Waals surface area contributed by atoms with Crippen molar-refractivity contribution in [3.05, 3.63) is 39.7 Å². The normalized spacial score (nSPS) is 12.9. The highest BCUT2D eigenvalue weighted by Crippen LogP contribution is 2.23. The van der Waals surface area contributed by atoms with Crippen LogP contribution in [0.2, 0.25) is 0 Å². The minimum Gasteiger partial charge on any atom is -0.445 e. The molecular weight excluding hydrogens is 232 g/mol. The number of nitrogens with zero attached hydrogens (tertiary/aromatic N) is 1. The molecular formula is C13H18N2OS. The van der Waals surface area contributed by atoms with Gasteiger partial charge in [-0.3, -0.25) is 0 Å². The first kappa shape index (κ1) is 12.3. The van der Waals surface area contributed by atoms with Crippen LogP contribution in [0.15, 0.2) is 22.7 Å². The van der Waals surface area contributed by atoms with Gasteiger partial charge in [-0.2, -0.15) is 0 Å². The third kappa shape index (κ3) is 3.17. The molecule has 1 unspecified atom stereocenters. The second-order valence-electron chi connectivity index (χ2n) is 4.12. The second-order valence-corrected chi connectivity index (χ2v) is 5.32. The highest BCUT2D eigenvalue weighted by Gasteiger charge is 2.09. The summed E-state index contributed by atoms with van der Waals surface area (Å²) in [6.45, 7) is 6.94. The van der Waals surface area contributed by atoms with Gasteiger partial charge in [0.1, 0.15) is 5.76 Å². The van der Waals surface area contributed by atoms with Gasteiger partial charge in [0, 0.05) is 15.8 Å². The highest BCUT2D eigenvalue weighted by atomic mass is 32.1. The van der Waals surface area contributed by atoms with Gasteiger partial charge in [-0.25, -0.2) is 4.98 Å². The molecule has 17 heavy (non-hydrogen) atoms. The maximum Gasteiger partial charge on any atom is 0.208 e. The van der Waals surface area contributed by atoms with E-state index in [9.17, 15) is 0 Å². The lowest BCUT2D eigenvalue weighted by Gasteiger charge is -2.09. The summed E-state index contributed by atoms with van der Waals surface area (Å²) in [6, 6.07) is 4.74. The molecule has 0 amide bonds. The number of hydrogen-bond donors (Lipinski definition) is 1. The smallest absolute Gasteiger partial charge is 0.208 e. The summed E-state index contributed by atoms with van der Waals surface area (Å²) in [5.41, 5.74) is 0. The Hall–Kier alpha value is -1.13. The summed E-state index contributed by atoms with van der Waals surface area (Å²) in [6.07, 6.45) is 2.86. The molecule has 92 valence electrons. The van der Waals surface area contributed by atoms with Gasteiger partial charge in [-0.1, -0.05) is 6.92 Å². The third-order valence-electron chi connectivity index (χ3n) is 2.69. The minimum absolute atomic E-state index is 0.340. The number of hydrogen-bond acceptors (Lipinski definition) is 4. The Morgan fingerprint density at radius 1 is 1.47 bits per heavy atom. The zero-order chi connectivity index (χ0) is 12.3. The van der Waals surface area contributed by atoms with Crippen LogP contribution in [0.3, 0.4) is 0 Å². The third-order valence-corrected chi connectivity index (χ3v) is 4.10. The van der Waals surface area contributed by atoms with Crippen LogP contribution in [0.1, 0.15) is 41.3 Å². The first-order valence-electron chi connectivity index (χ1n) is 5.92. The fourth-order valence-corrected chi connectivity index (χ4v) is 2.62. The average molecular weight is 250 g/mol. The molecule has 0 spiro atoms. The molecule has 2 aromatic heterocycles. The number of aromatic nitrogens is 1. The van der Waals surface area contributed by atoms with Gasteiger partial charge < -0.3 is 9.73 Å². The van der Waals surface area contributed by atoms with Gasteiger partial charge in [-0.15, -0.1) is 11.3 Å². The number of rotatable bonds is 5. The standard InChI is InChI=1S/C13H18N2OS/c1-4-11-5-6-12(17-11)10(3)14-8-13-15-7-9(2)16-13/h5-7,10,14H,4,8H2,1-3H3. The molecule has 0 aromatic carbocycles. The molecule has 0 bridgehead atoms. The first-order chi connectivity index (χ1) is 8.19. The fourth-order valence-electron chi connectivity index (χ4n) is 1.64. The lowest BCUT2D eigenvalue weighted by Crippen LogP contribution is -2.17. The molecule has 2 aromatic rings. The van der Waals surface area contributed by atoms with Crippen LogP contribution in [0.5, 0.6) is 0 Å². The van der Waals surface area contributed by atoms with Gasteiger partial charge in [-0.05, 0) is 32.4 Å². The Balaban J connectivity index is 1.90. The molecule has 1 atom stereocenters. The van der Waals surface area contributed by atoms with E-state index in [0.29, 0.717) is 12.6 Å². The van der Waals surface area contributed by atoms with E-state index in [2.05, 4.69) is 36.3 Å². The van der Waals surface area contributed by atoms with Crippen molar-refractivity contribution in [2.24, 2.45) is 0 Å². The maximum atomic E-state index is 5.43. The summed E-state index contributed by atoms with van der Waals surface area (Å²) in [5, 5.41) is 3.42. The molecule has 0 fully saturated rings. The van der Waals surface area contributed by atoms with E-state index in [-0.39, 0.29) is 0 Å². The lowest BCUT2D eigenvalue weighted by atomic mass is 10.2. The predicted molar refractivity (Wildman–Crippen MR) is 70.2 cm³/mol. The maximum absolute atomic E-state index is 5.43. The largest absolute Gasteiger partial charge is 0.445 e. The first-order valence-corrected chi connectivity index (χ1v) is 6.74. The van der Waals surface area contributed by atoms with Crippen LogP contribution < -0.4 is 5.32 Å². The Morgan fingerprint density at radius 2 is 2.29 bits per heavy atom. The Morgan fingerprint density at radius 3 is 2.88 bits per heavy atom. The molecule has 0 aliphatic carbocycles. The van der Waals surface area contributed by atoms with Gasteiger partial charge in [0.05, 0.1) is 12.7 Å². The van der Waals surface area contributed by atoms with Crippen molar-refractivity contribution in [2.75, 3.05) is 0 Å². The van der Waals surface area contributed by atoms with Crippen molar-refractivity contribution < 1.29 is 4.42 Å². The van der Waals surface area contributed by atoms with Crippen molar-refractivity contribution in [1.82, 2.24) is 10.3 Å². The van der Waals surface area contributed by atoms with Crippen LogP contribution in [-0.2, 0) is 13.0 Å². The van der Waals surface area contributed by atoms with Crippen molar-refractivity contribution in [3.63, 3.8) is 0 Å². The van der Waals surface area contributed by atoms with Crippen LogP contribution in [0.25, 0.3) is 0 Å². The fraction of sp³-hybridized carbons (Fsp3) is 0.462. The molecule has 1 N–H and O–H groups in total. The topological polar surface area (TPSA) is 38.1 Å². The molecule has 0 radical (unpaired) electrons. The molecule has 4 heteroatoms. The van der Waals surface area contributed by atoms with E-state index in [1.54, 1.807) is 6.20 Å². The monoisotopic (exact) mass is 250 g/mol. The van der Waals surface area contributed by atoms with Crippen molar-refractivity contribution in [3.8, 4) is 0 Å². The Kier molecular flexibility index (Phi) is 3.97. The van der Waals surface area contributed by atoms with E-state index in [4.69, 9.17) is 4.42 Å². The summed E-state index contributed by atoms with van der Waals surface area (Å²) in [7, 11) is 0. The number of thiophene rings is 1. The quantitative estimate of drug-likeness (QED) is 0.883. The molecule has 0 saturated heterocycles. The van der Waals surface area contributed by atoms with Crippen LogP contribution >= 0.6 is 11.3 Å². The summed E-state index contributed by atoms with van der Waals surface area (Å²) in [4.78, 5) is 6.97. The number of aryl methyl sites for hydroxylation is 2. The van der Waals surface area contributed by atoms with Gasteiger partial charge >= 0.3 is 0 Å². The molecule has 0 aliphatic heterocycles. The summed E-state index contributed by atoms with van der Waals surface area (Å²) >= 11 is 1.87. The lowest BCUT2D eigenvalue weighted by molar-refractivity contribution is 0.433. The molecule has 0 saturated carbocycles. The van der Waals surface area contributed by atoms with Crippen LogP contribution in [0, 0.1) is 6.92 Å².